The van der Waals surface area contributed by atoms with Gasteiger partial charge < -0.3 is 5.73 Å². The third-order valence-electron chi connectivity index (χ3n) is 2.75. The first-order valence-corrected chi connectivity index (χ1v) is 5.66. The van der Waals surface area contributed by atoms with Crippen LogP contribution in [0.15, 0.2) is 40.1 Å². The molecule has 1 amide bonds. The zero-order chi connectivity index (χ0) is 14.0. The Balaban J connectivity index is 2.39. The first-order valence-electron chi connectivity index (χ1n) is 5.66. The molecule has 2 aromatic rings. The quantitative estimate of drug-likeness (QED) is 0.811. The second kappa shape index (κ2) is 4.93. The van der Waals surface area contributed by atoms with E-state index in [0.29, 0.717) is 11.1 Å². The van der Waals surface area contributed by atoms with Gasteiger partial charge in [0.2, 0.25) is 5.91 Å². The van der Waals surface area contributed by atoms with Crippen molar-refractivity contribution in [2.75, 3.05) is 0 Å². The summed E-state index contributed by atoms with van der Waals surface area (Å²) in [7, 11) is 0. The number of hydrogen-bond donors (Lipinski definition) is 2. The lowest BCUT2D eigenvalue weighted by Crippen LogP contribution is -2.31. The number of nitrogens with one attached hydrogen (secondary N) is 1. The van der Waals surface area contributed by atoms with Gasteiger partial charge in [-0.3, -0.25) is 19.1 Å². The van der Waals surface area contributed by atoms with Crippen LogP contribution in [0.1, 0.15) is 21.5 Å². The smallest absolute Gasteiger partial charge is 0.328 e. The summed E-state index contributed by atoms with van der Waals surface area (Å²) < 4.78 is 1.37. The first-order chi connectivity index (χ1) is 8.97. The predicted octanol–water partition coefficient (Wildman–Crippen LogP) is -0.00778. The van der Waals surface area contributed by atoms with Crippen molar-refractivity contribution in [3.05, 3.63) is 68.0 Å². The Hall–Kier alpha value is -2.63. The Bertz CT molecular complexity index is 743. The molecule has 2 rings (SSSR count). The van der Waals surface area contributed by atoms with Crippen molar-refractivity contribution in [1.82, 2.24) is 9.55 Å². The maximum atomic E-state index is 11.6. The molecule has 1 aromatic carbocycles. The molecular formula is C13H13N3O3. The van der Waals surface area contributed by atoms with Crippen molar-refractivity contribution in [2.45, 2.75) is 13.5 Å². The van der Waals surface area contributed by atoms with Crippen molar-refractivity contribution in [2.24, 2.45) is 5.73 Å². The summed E-state index contributed by atoms with van der Waals surface area (Å²) in [5.74, 6) is -0.521. The molecule has 19 heavy (non-hydrogen) atoms. The summed E-state index contributed by atoms with van der Waals surface area (Å²) in [5, 5.41) is 0. The summed E-state index contributed by atoms with van der Waals surface area (Å²) >= 11 is 0. The van der Waals surface area contributed by atoms with E-state index in [2.05, 4.69) is 4.98 Å². The predicted molar refractivity (Wildman–Crippen MR) is 70.1 cm³/mol. The molecule has 0 aliphatic rings. The van der Waals surface area contributed by atoms with Gasteiger partial charge in [0.25, 0.3) is 5.56 Å². The Morgan fingerprint density at radius 1 is 1.37 bits per heavy atom. The van der Waals surface area contributed by atoms with Gasteiger partial charge in [-0.25, -0.2) is 4.79 Å². The van der Waals surface area contributed by atoms with Crippen LogP contribution >= 0.6 is 0 Å². The number of benzene rings is 1. The molecule has 6 nitrogen and oxygen atoms in total. The number of H-pyrrole nitrogens is 1. The van der Waals surface area contributed by atoms with E-state index in [-0.39, 0.29) is 6.54 Å². The van der Waals surface area contributed by atoms with Crippen LogP contribution in [0.4, 0.5) is 0 Å². The van der Waals surface area contributed by atoms with Gasteiger partial charge in [-0.1, -0.05) is 12.1 Å². The Morgan fingerprint density at radius 3 is 2.79 bits per heavy atom. The summed E-state index contributed by atoms with van der Waals surface area (Å²) in [5.41, 5.74) is 5.90. The molecule has 0 fully saturated rings. The second-order valence-electron chi connectivity index (χ2n) is 4.26. The molecule has 0 saturated heterocycles. The van der Waals surface area contributed by atoms with Gasteiger partial charge in [0.1, 0.15) is 0 Å². The zero-order valence-corrected chi connectivity index (χ0v) is 10.3. The molecule has 6 heteroatoms. The van der Waals surface area contributed by atoms with Crippen LogP contribution < -0.4 is 17.0 Å². The fourth-order valence-corrected chi connectivity index (χ4v) is 1.76. The van der Waals surface area contributed by atoms with Crippen LogP contribution in [0.5, 0.6) is 0 Å². The highest BCUT2D eigenvalue weighted by molar-refractivity contribution is 5.92. The largest absolute Gasteiger partial charge is 0.366 e. The van der Waals surface area contributed by atoms with Gasteiger partial charge in [0.05, 0.1) is 6.54 Å². The molecule has 1 heterocycles. The van der Waals surface area contributed by atoms with Gasteiger partial charge >= 0.3 is 5.69 Å². The van der Waals surface area contributed by atoms with E-state index in [1.807, 2.05) is 0 Å². The fourth-order valence-electron chi connectivity index (χ4n) is 1.76. The monoisotopic (exact) mass is 259 g/mol. The minimum atomic E-state index is -0.521. The molecule has 0 atom stereocenters. The number of hydrogen-bond acceptors (Lipinski definition) is 3. The number of primary amides is 1. The third-order valence-corrected chi connectivity index (χ3v) is 2.75. The van der Waals surface area contributed by atoms with Gasteiger partial charge in [-0.15, -0.1) is 0 Å². The standard InChI is InChI=1S/C13H13N3O3/c1-8-6-16(13(19)15-12(8)18)7-9-3-2-4-10(5-9)11(14)17/h2-6H,7H2,1H3,(H2,14,17)(H,15,18,19). The molecule has 1 aromatic heterocycles. The molecule has 0 unspecified atom stereocenters. The average molecular weight is 259 g/mol. The zero-order valence-electron chi connectivity index (χ0n) is 10.3. The molecule has 0 radical (unpaired) electrons. The van der Waals surface area contributed by atoms with Crippen molar-refractivity contribution in [3.8, 4) is 0 Å². The van der Waals surface area contributed by atoms with Crippen LogP contribution in [0.3, 0.4) is 0 Å². The molecule has 3 N–H and O–H groups in total. The molecule has 0 aliphatic carbocycles. The molecule has 0 spiro atoms. The van der Waals surface area contributed by atoms with Crippen molar-refractivity contribution >= 4 is 5.91 Å². The molecule has 0 aliphatic heterocycles. The minimum absolute atomic E-state index is 0.261. The van der Waals surface area contributed by atoms with E-state index < -0.39 is 17.2 Å². The topological polar surface area (TPSA) is 97.9 Å². The molecule has 98 valence electrons. The Labute approximate surface area is 108 Å². The van der Waals surface area contributed by atoms with Gasteiger partial charge in [0.15, 0.2) is 0 Å². The van der Waals surface area contributed by atoms with Crippen molar-refractivity contribution < 1.29 is 4.79 Å². The van der Waals surface area contributed by atoms with Gasteiger partial charge in [0, 0.05) is 17.3 Å². The summed E-state index contributed by atoms with van der Waals surface area (Å²) in [4.78, 5) is 36.2. The molecule has 0 saturated carbocycles. The highest BCUT2D eigenvalue weighted by Crippen LogP contribution is 2.05. The number of carbonyl (C=O) groups is 1. The van der Waals surface area contributed by atoms with Crippen LogP contribution in [0.2, 0.25) is 0 Å². The number of carbonyl (C=O) groups excluding carboxylic acids is 1. The van der Waals surface area contributed by atoms with Gasteiger partial charge in [-0.05, 0) is 24.6 Å². The second-order valence-corrected chi connectivity index (χ2v) is 4.26. The normalized spacial score (nSPS) is 10.4. The third kappa shape index (κ3) is 2.79. The van der Waals surface area contributed by atoms with E-state index in [1.54, 1.807) is 31.2 Å². The van der Waals surface area contributed by atoms with Crippen LogP contribution in [-0.2, 0) is 6.54 Å². The number of nitrogens with two attached hydrogens (primary N) is 1. The summed E-state index contributed by atoms with van der Waals surface area (Å²) in [6.07, 6.45) is 1.48. The molecule has 0 bridgehead atoms. The summed E-state index contributed by atoms with van der Waals surface area (Å²) in [6, 6.07) is 6.69. The van der Waals surface area contributed by atoms with E-state index in [4.69, 9.17) is 5.73 Å². The van der Waals surface area contributed by atoms with Crippen LogP contribution in [0.25, 0.3) is 0 Å². The maximum Gasteiger partial charge on any atom is 0.328 e. The number of amides is 1. The lowest BCUT2D eigenvalue weighted by molar-refractivity contribution is 0.1000. The van der Waals surface area contributed by atoms with Gasteiger partial charge in [-0.2, -0.15) is 0 Å². The number of aryl methyl sites for hydroxylation is 1. The fraction of sp³-hybridized carbons (Fsp3) is 0.154. The lowest BCUT2D eigenvalue weighted by Gasteiger charge is -2.07. The lowest BCUT2D eigenvalue weighted by atomic mass is 10.1. The van der Waals surface area contributed by atoms with E-state index in [9.17, 15) is 14.4 Å². The number of aromatic nitrogens is 2. The number of rotatable bonds is 3. The average Bonchev–Trinajstić information content (AvgIpc) is 2.36. The number of aromatic amines is 1. The number of nitrogens with zero attached hydrogens (tertiary/aromatic N) is 1. The maximum absolute atomic E-state index is 11.6. The molecular weight excluding hydrogens is 246 g/mol. The van der Waals surface area contributed by atoms with Crippen LogP contribution in [-0.4, -0.2) is 15.5 Å². The Kier molecular flexibility index (Phi) is 3.33. The van der Waals surface area contributed by atoms with Crippen LogP contribution in [0, 0.1) is 6.92 Å². The highest BCUT2D eigenvalue weighted by atomic mass is 16.2. The first kappa shape index (κ1) is 12.8. The minimum Gasteiger partial charge on any atom is -0.366 e. The summed E-state index contributed by atoms with van der Waals surface area (Å²) in [6.45, 7) is 1.88. The van der Waals surface area contributed by atoms with E-state index in [0.717, 1.165) is 5.56 Å². The van der Waals surface area contributed by atoms with Crippen molar-refractivity contribution in [3.63, 3.8) is 0 Å². The van der Waals surface area contributed by atoms with E-state index in [1.165, 1.54) is 10.8 Å². The van der Waals surface area contributed by atoms with Crippen molar-refractivity contribution in [1.29, 1.82) is 0 Å². The Morgan fingerprint density at radius 2 is 2.11 bits per heavy atom. The highest BCUT2D eigenvalue weighted by Gasteiger charge is 2.04. The SMILES string of the molecule is Cc1cn(Cc2cccc(C(N)=O)c2)c(=O)[nH]c1=O. The van der Waals surface area contributed by atoms with E-state index >= 15 is 0 Å².